The zero-order chi connectivity index (χ0) is 21.4. The molecule has 0 atom stereocenters. The van der Waals surface area contributed by atoms with Gasteiger partial charge in [-0.15, -0.1) is 11.3 Å². The van der Waals surface area contributed by atoms with Gasteiger partial charge in [-0.2, -0.15) is 8.78 Å². The molecule has 1 aliphatic heterocycles. The number of fused-ring (bicyclic) bond motifs is 2. The van der Waals surface area contributed by atoms with Gasteiger partial charge in [0, 0.05) is 4.88 Å². The molecule has 0 N–H and O–H groups in total. The van der Waals surface area contributed by atoms with Crippen LogP contribution in [0.3, 0.4) is 0 Å². The minimum Gasteiger partial charge on any atom is -0.486 e. The molecule has 0 radical (unpaired) electrons. The number of rotatable bonds is 5. The number of hydrogen-bond acceptors (Lipinski definition) is 6. The van der Waals surface area contributed by atoms with Crippen molar-refractivity contribution in [3.8, 4) is 21.9 Å². The number of benzene rings is 2. The third-order valence-electron chi connectivity index (χ3n) is 4.83. The van der Waals surface area contributed by atoms with Gasteiger partial charge in [0.25, 0.3) is 0 Å². The maximum atomic E-state index is 13.5. The van der Waals surface area contributed by atoms with E-state index < -0.39 is 12.5 Å². The average molecular weight is 442 g/mol. The van der Waals surface area contributed by atoms with Crippen molar-refractivity contribution in [1.82, 2.24) is 9.55 Å². The lowest BCUT2D eigenvalue weighted by Crippen LogP contribution is -2.15. The standard InChI is InChI=1S/C22H16F2N2O4S/c23-22(24)26-15-4-2-1-3-14(15)25-20(26)12-30-21(27)19-8-7-18(31-19)13-5-6-16-17(11-13)29-10-9-28-16/h1-8,11,22H,9-10,12H2. The highest BCUT2D eigenvalue weighted by atomic mass is 32.1. The topological polar surface area (TPSA) is 62.6 Å². The summed E-state index contributed by atoms with van der Waals surface area (Å²) in [5.41, 5.74) is 1.60. The third kappa shape index (κ3) is 3.72. The third-order valence-corrected chi connectivity index (χ3v) is 5.94. The summed E-state index contributed by atoms with van der Waals surface area (Å²) in [6.07, 6.45) is 0. The van der Waals surface area contributed by atoms with Crippen molar-refractivity contribution in [1.29, 1.82) is 0 Å². The molecule has 4 aromatic rings. The monoisotopic (exact) mass is 442 g/mol. The van der Waals surface area contributed by atoms with Gasteiger partial charge < -0.3 is 14.2 Å². The molecule has 0 spiro atoms. The van der Waals surface area contributed by atoms with E-state index in [1.54, 1.807) is 36.4 Å². The molecule has 158 valence electrons. The summed E-state index contributed by atoms with van der Waals surface area (Å²) < 4.78 is 44.2. The predicted octanol–water partition coefficient (Wildman–Crippen LogP) is 5.29. The van der Waals surface area contributed by atoms with Gasteiger partial charge in [0.05, 0.1) is 11.0 Å². The molecular weight excluding hydrogens is 426 g/mol. The molecule has 3 heterocycles. The Morgan fingerprint density at radius 2 is 1.90 bits per heavy atom. The van der Waals surface area contributed by atoms with Crippen LogP contribution < -0.4 is 9.47 Å². The summed E-state index contributed by atoms with van der Waals surface area (Å²) in [5.74, 6) is 0.745. The molecule has 1 aliphatic rings. The molecule has 6 nitrogen and oxygen atoms in total. The summed E-state index contributed by atoms with van der Waals surface area (Å²) in [6, 6.07) is 15.6. The van der Waals surface area contributed by atoms with Crippen molar-refractivity contribution < 1.29 is 27.8 Å². The first-order valence-corrected chi connectivity index (χ1v) is 10.3. The first kappa shape index (κ1) is 19.5. The first-order valence-electron chi connectivity index (χ1n) is 9.51. The number of esters is 1. The van der Waals surface area contributed by atoms with Crippen LogP contribution in [0.15, 0.2) is 54.6 Å². The fourth-order valence-corrected chi connectivity index (χ4v) is 4.31. The van der Waals surface area contributed by atoms with Gasteiger partial charge in [0.2, 0.25) is 0 Å². The van der Waals surface area contributed by atoms with Gasteiger partial charge in [0.1, 0.15) is 24.7 Å². The molecule has 9 heteroatoms. The molecule has 0 unspecified atom stereocenters. The Kier molecular flexibility index (Phi) is 5.03. The van der Waals surface area contributed by atoms with E-state index in [0.29, 0.717) is 40.6 Å². The Labute approximate surface area is 179 Å². The molecular formula is C22H16F2N2O4S. The molecule has 0 amide bonds. The lowest BCUT2D eigenvalue weighted by molar-refractivity contribution is 0.0392. The molecule has 0 aliphatic carbocycles. The number of carbonyl (C=O) groups is 1. The van der Waals surface area contributed by atoms with Crippen molar-refractivity contribution in [3.05, 3.63) is 65.3 Å². The van der Waals surface area contributed by atoms with Gasteiger partial charge in [-0.3, -0.25) is 4.57 Å². The molecule has 0 saturated carbocycles. The van der Waals surface area contributed by atoms with Crippen LogP contribution in [0.1, 0.15) is 22.0 Å². The van der Waals surface area contributed by atoms with Crippen LogP contribution >= 0.6 is 11.3 Å². The van der Waals surface area contributed by atoms with E-state index >= 15 is 0 Å². The van der Waals surface area contributed by atoms with Crippen LogP contribution in [0.2, 0.25) is 0 Å². The fourth-order valence-electron chi connectivity index (χ4n) is 3.41. The van der Waals surface area contributed by atoms with Crippen LogP contribution in [-0.2, 0) is 11.3 Å². The largest absolute Gasteiger partial charge is 0.486 e. The Balaban J connectivity index is 1.33. The summed E-state index contributed by atoms with van der Waals surface area (Å²) in [7, 11) is 0. The summed E-state index contributed by atoms with van der Waals surface area (Å²) in [6.45, 7) is -2.14. The van der Waals surface area contributed by atoms with Gasteiger partial charge in [0.15, 0.2) is 17.3 Å². The normalized spacial score (nSPS) is 13.0. The molecule has 0 bridgehead atoms. The van der Waals surface area contributed by atoms with Crippen molar-refractivity contribution in [2.45, 2.75) is 13.2 Å². The zero-order valence-corrected chi connectivity index (χ0v) is 16.9. The van der Waals surface area contributed by atoms with E-state index in [9.17, 15) is 13.6 Å². The van der Waals surface area contributed by atoms with Gasteiger partial charge in [-0.05, 0) is 48.0 Å². The number of carbonyl (C=O) groups excluding carboxylic acids is 1. The molecule has 0 saturated heterocycles. The highest BCUT2D eigenvalue weighted by molar-refractivity contribution is 7.17. The Morgan fingerprint density at radius 3 is 2.74 bits per heavy atom. The predicted molar refractivity (Wildman–Crippen MR) is 111 cm³/mol. The van der Waals surface area contributed by atoms with E-state index in [0.717, 1.165) is 15.0 Å². The summed E-state index contributed by atoms with van der Waals surface area (Å²) >= 11 is 1.25. The van der Waals surface area contributed by atoms with Crippen molar-refractivity contribution in [3.63, 3.8) is 0 Å². The van der Waals surface area contributed by atoms with E-state index in [4.69, 9.17) is 14.2 Å². The number of nitrogens with zero attached hydrogens (tertiary/aromatic N) is 2. The second-order valence-corrected chi connectivity index (χ2v) is 7.85. The fraction of sp³-hybridized carbons (Fsp3) is 0.182. The minimum atomic E-state index is -2.79. The second kappa shape index (κ2) is 7.99. The molecule has 5 rings (SSSR count). The molecule has 0 fully saturated rings. The number of halogens is 2. The Bertz CT molecular complexity index is 1270. The maximum Gasteiger partial charge on any atom is 0.348 e. The lowest BCUT2D eigenvalue weighted by atomic mass is 10.1. The quantitative estimate of drug-likeness (QED) is 0.393. The molecule has 2 aromatic heterocycles. The summed E-state index contributed by atoms with van der Waals surface area (Å²) in [4.78, 5) is 17.9. The number of imidazole rings is 1. The minimum absolute atomic E-state index is 0.00633. The van der Waals surface area contributed by atoms with Crippen LogP contribution in [0.5, 0.6) is 11.5 Å². The lowest BCUT2D eigenvalue weighted by Gasteiger charge is -2.18. The van der Waals surface area contributed by atoms with Gasteiger partial charge >= 0.3 is 12.5 Å². The van der Waals surface area contributed by atoms with Gasteiger partial charge in [-0.25, -0.2) is 9.78 Å². The highest BCUT2D eigenvalue weighted by Gasteiger charge is 2.20. The van der Waals surface area contributed by atoms with E-state index in [1.165, 1.54) is 11.3 Å². The van der Waals surface area contributed by atoms with Crippen LogP contribution in [0.25, 0.3) is 21.5 Å². The SMILES string of the molecule is O=C(OCc1nc2ccccc2n1C(F)F)c1ccc(-c2ccc3c(c2)OCCO3)s1. The Morgan fingerprint density at radius 1 is 1.10 bits per heavy atom. The van der Waals surface area contributed by atoms with Crippen LogP contribution in [-0.4, -0.2) is 28.7 Å². The number of ether oxygens (including phenoxy) is 3. The first-order chi connectivity index (χ1) is 15.1. The van der Waals surface area contributed by atoms with Crippen molar-refractivity contribution >= 4 is 28.3 Å². The molecule has 2 aromatic carbocycles. The van der Waals surface area contributed by atoms with E-state index in [2.05, 4.69) is 4.98 Å². The number of aromatic nitrogens is 2. The maximum absolute atomic E-state index is 13.5. The average Bonchev–Trinajstić information content (AvgIpc) is 3.42. The van der Waals surface area contributed by atoms with Crippen molar-refractivity contribution in [2.24, 2.45) is 0 Å². The number of alkyl halides is 2. The molecule has 31 heavy (non-hydrogen) atoms. The number of hydrogen-bond donors (Lipinski definition) is 0. The van der Waals surface area contributed by atoms with Gasteiger partial charge in [-0.1, -0.05) is 12.1 Å². The number of para-hydroxylation sites is 2. The second-order valence-electron chi connectivity index (χ2n) is 6.76. The van der Waals surface area contributed by atoms with Crippen LogP contribution in [0, 0.1) is 0 Å². The number of thiophene rings is 1. The smallest absolute Gasteiger partial charge is 0.348 e. The van der Waals surface area contributed by atoms with E-state index in [-0.39, 0.29) is 12.4 Å². The highest BCUT2D eigenvalue weighted by Crippen LogP contribution is 2.37. The van der Waals surface area contributed by atoms with E-state index in [1.807, 2.05) is 18.2 Å². The van der Waals surface area contributed by atoms with Crippen molar-refractivity contribution in [2.75, 3.05) is 13.2 Å². The Hall–Kier alpha value is -3.46. The summed E-state index contributed by atoms with van der Waals surface area (Å²) in [5, 5.41) is 0. The van der Waals surface area contributed by atoms with Crippen LogP contribution in [0.4, 0.5) is 8.78 Å². The zero-order valence-electron chi connectivity index (χ0n) is 16.1.